The highest BCUT2D eigenvalue weighted by molar-refractivity contribution is 5.75. The molecule has 2 saturated carbocycles. The lowest BCUT2D eigenvalue weighted by Gasteiger charge is -2.43. The molecule has 2 rings (SSSR count). The number of urea groups is 1. The van der Waals surface area contributed by atoms with Gasteiger partial charge >= 0.3 is 12.0 Å². The van der Waals surface area contributed by atoms with Crippen molar-refractivity contribution in [3.63, 3.8) is 0 Å². The van der Waals surface area contributed by atoms with E-state index in [2.05, 4.69) is 5.32 Å². The zero-order chi connectivity index (χ0) is 15.6. The number of rotatable bonds is 7. The summed E-state index contributed by atoms with van der Waals surface area (Å²) in [6, 6.07) is 1.15. The van der Waals surface area contributed by atoms with E-state index in [0.717, 1.165) is 32.2 Å². The van der Waals surface area contributed by atoms with Crippen LogP contribution in [0.5, 0.6) is 0 Å². The summed E-state index contributed by atoms with van der Waals surface area (Å²) in [5.74, 6) is -0.788. The fourth-order valence-corrected chi connectivity index (χ4v) is 3.10. The van der Waals surface area contributed by atoms with Crippen LogP contribution in [-0.2, 0) is 4.79 Å². The summed E-state index contributed by atoms with van der Waals surface area (Å²) >= 11 is 0. The minimum absolute atomic E-state index is 0.0391. The third kappa shape index (κ3) is 4.09. The van der Waals surface area contributed by atoms with Gasteiger partial charge in [0.25, 0.3) is 0 Å². The van der Waals surface area contributed by atoms with Gasteiger partial charge < -0.3 is 15.3 Å². The smallest absolute Gasteiger partial charge is 0.318 e. The molecule has 0 aliphatic heterocycles. The number of hydrogen-bond acceptors (Lipinski definition) is 3. The van der Waals surface area contributed by atoms with Gasteiger partial charge in [-0.1, -0.05) is 6.92 Å². The summed E-state index contributed by atoms with van der Waals surface area (Å²) < 4.78 is 0. The van der Waals surface area contributed by atoms with Crippen LogP contribution in [-0.4, -0.2) is 64.2 Å². The van der Waals surface area contributed by atoms with Crippen LogP contribution >= 0.6 is 0 Å². The molecule has 0 aromatic carbocycles. The fraction of sp³-hybridized carbons (Fsp3) is 0.867. The highest BCUT2D eigenvalue weighted by Gasteiger charge is 2.38. The quantitative estimate of drug-likeness (QED) is 0.747. The van der Waals surface area contributed by atoms with Crippen molar-refractivity contribution in [2.24, 2.45) is 0 Å². The zero-order valence-electron chi connectivity index (χ0n) is 13.2. The van der Waals surface area contributed by atoms with Crippen LogP contribution in [0.15, 0.2) is 0 Å². The molecule has 21 heavy (non-hydrogen) atoms. The molecule has 6 nitrogen and oxygen atoms in total. The maximum Gasteiger partial charge on any atom is 0.318 e. The molecule has 0 atom stereocenters. The highest BCUT2D eigenvalue weighted by Crippen LogP contribution is 2.30. The first-order chi connectivity index (χ1) is 9.92. The van der Waals surface area contributed by atoms with Gasteiger partial charge in [-0.25, -0.2) is 4.79 Å². The van der Waals surface area contributed by atoms with Crippen molar-refractivity contribution in [3.05, 3.63) is 0 Å². The molecule has 0 aromatic rings. The van der Waals surface area contributed by atoms with Gasteiger partial charge in [-0.15, -0.1) is 0 Å². The predicted molar refractivity (Wildman–Crippen MR) is 80.2 cm³/mol. The SMILES string of the molecule is CCN(CC(=O)O)C1CC(NC(=O)N(C(C)C)C2CC2)C1. The van der Waals surface area contributed by atoms with E-state index in [0.29, 0.717) is 6.04 Å². The summed E-state index contributed by atoms with van der Waals surface area (Å²) in [6.45, 7) is 6.89. The van der Waals surface area contributed by atoms with Crippen LogP contribution in [0.25, 0.3) is 0 Å². The third-order valence-electron chi connectivity index (χ3n) is 4.43. The van der Waals surface area contributed by atoms with Crippen molar-refractivity contribution in [1.29, 1.82) is 0 Å². The zero-order valence-corrected chi connectivity index (χ0v) is 13.2. The maximum atomic E-state index is 12.3. The van der Waals surface area contributed by atoms with Crippen molar-refractivity contribution in [3.8, 4) is 0 Å². The number of carboxylic acid groups (broad SMARTS) is 1. The summed E-state index contributed by atoms with van der Waals surface area (Å²) in [5, 5.41) is 12.0. The number of carbonyl (C=O) groups is 2. The molecule has 120 valence electrons. The molecule has 6 heteroatoms. The molecule has 0 heterocycles. The highest BCUT2D eigenvalue weighted by atomic mass is 16.4. The molecule has 2 aliphatic carbocycles. The second-order valence-electron chi connectivity index (χ2n) is 6.46. The van der Waals surface area contributed by atoms with E-state index < -0.39 is 5.97 Å². The normalized spacial score (nSPS) is 24.8. The first kappa shape index (κ1) is 16.1. The Morgan fingerprint density at radius 3 is 2.29 bits per heavy atom. The lowest BCUT2D eigenvalue weighted by Crippen LogP contribution is -2.57. The fourth-order valence-electron chi connectivity index (χ4n) is 3.10. The largest absolute Gasteiger partial charge is 0.480 e. The van der Waals surface area contributed by atoms with Crippen molar-refractivity contribution in [2.75, 3.05) is 13.1 Å². The van der Waals surface area contributed by atoms with E-state index in [1.54, 1.807) is 0 Å². The van der Waals surface area contributed by atoms with Gasteiger partial charge in [0.05, 0.1) is 6.54 Å². The number of carbonyl (C=O) groups excluding carboxylic acids is 1. The number of nitrogens with one attached hydrogen (secondary N) is 1. The Hall–Kier alpha value is -1.30. The van der Waals surface area contributed by atoms with Gasteiger partial charge in [0.2, 0.25) is 0 Å². The van der Waals surface area contributed by atoms with Crippen molar-refractivity contribution in [2.45, 2.75) is 70.6 Å². The van der Waals surface area contributed by atoms with Gasteiger partial charge in [0, 0.05) is 24.2 Å². The Labute approximate surface area is 126 Å². The number of carboxylic acids is 1. The molecule has 0 spiro atoms. The van der Waals surface area contributed by atoms with Gasteiger partial charge in [-0.05, 0) is 46.1 Å². The molecule has 0 saturated heterocycles. The number of nitrogens with zero attached hydrogens (tertiary/aromatic N) is 2. The second kappa shape index (κ2) is 6.64. The number of hydrogen-bond donors (Lipinski definition) is 2. The lowest BCUT2D eigenvalue weighted by molar-refractivity contribution is -0.139. The van der Waals surface area contributed by atoms with Crippen LogP contribution in [0.3, 0.4) is 0 Å². The van der Waals surface area contributed by atoms with E-state index in [-0.39, 0.29) is 30.7 Å². The van der Waals surface area contributed by atoms with Crippen LogP contribution in [0.2, 0.25) is 0 Å². The van der Waals surface area contributed by atoms with Crippen molar-refractivity contribution in [1.82, 2.24) is 15.1 Å². The van der Waals surface area contributed by atoms with Gasteiger partial charge in [-0.3, -0.25) is 9.69 Å². The van der Waals surface area contributed by atoms with Crippen LogP contribution in [0, 0.1) is 0 Å². The van der Waals surface area contributed by atoms with E-state index in [9.17, 15) is 9.59 Å². The molecule has 0 radical (unpaired) electrons. The summed E-state index contributed by atoms with van der Waals surface area (Å²) in [4.78, 5) is 27.0. The number of likely N-dealkylation sites (N-methyl/N-ethyl adjacent to an activating group) is 1. The van der Waals surface area contributed by atoms with E-state index >= 15 is 0 Å². The number of amides is 2. The molecular formula is C15H27N3O3. The third-order valence-corrected chi connectivity index (χ3v) is 4.43. The Bertz CT molecular complexity index is 388. The van der Waals surface area contributed by atoms with Gasteiger partial charge in [0.15, 0.2) is 0 Å². The Kier molecular flexibility index (Phi) is 5.08. The Balaban J connectivity index is 1.76. The topological polar surface area (TPSA) is 72.9 Å². The Morgan fingerprint density at radius 1 is 1.24 bits per heavy atom. The summed E-state index contributed by atoms with van der Waals surface area (Å²) in [7, 11) is 0. The van der Waals surface area contributed by atoms with Gasteiger partial charge in [-0.2, -0.15) is 0 Å². The second-order valence-corrected chi connectivity index (χ2v) is 6.46. The standard InChI is InChI=1S/C15H27N3O3/c1-4-17(9-14(19)20)13-7-11(8-13)16-15(21)18(10(2)3)12-5-6-12/h10-13H,4-9H2,1-3H3,(H,16,21)(H,19,20). The molecule has 0 bridgehead atoms. The van der Waals surface area contributed by atoms with E-state index in [1.807, 2.05) is 30.6 Å². The summed E-state index contributed by atoms with van der Waals surface area (Å²) in [6.07, 6.45) is 3.93. The minimum Gasteiger partial charge on any atom is -0.480 e. The minimum atomic E-state index is -0.788. The van der Waals surface area contributed by atoms with Crippen LogP contribution in [0.4, 0.5) is 4.79 Å². The molecule has 2 fully saturated rings. The molecule has 0 aromatic heterocycles. The van der Waals surface area contributed by atoms with Crippen molar-refractivity contribution >= 4 is 12.0 Å². The molecule has 0 unspecified atom stereocenters. The Morgan fingerprint density at radius 2 is 1.86 bits per heavy atom. The summed E-state index contributed by atoms with van der Waals surface area (Å²) in [5.41, 5.74) is 0. The molecule has 2 aliphatic rings. The first-order valence-electron chi connectivity index (χ1n) is 7.97. The maximum absolute atomic E-state index is 12.3. The van der Waals surface area contributed by atoms with Gasteiger partial charge in [0.1, 0.15) is 0 Å². The first-order valence-corrected chi connectivity index (χ1v) is 7.97. The molecule has 2 N–H and O–H groups in total. The van der Waals surface area contributed by atoms with Crippen LogP contribution < -0.4 is 5.32 Å². The lowest BCUT2D eigenvalue weighted by atomic mass is 9.85. The van der Waals surface area contributed by atoms with E-state index in [1.165, 1.54) is 0 Å². The average molecular weight is 297 g/mol. The van der Waals surface area contributed by atoms with Crippen LogP contribution in [0.1, 0.15) is 46.5 Å². The van der Waals surface area contributed by atoms with E-state index in [4.69, 9.17) is 5.11 Å². The molecular weight excluding hydrogens is 270 g/mol. The molecule has 2 amide bonds. The number of aliphatic carboxylic acids is 1. The average Bonchev–Trinajstić information content (AvgIpc) is 3.14. The predicted octanol–water partition coefficient (Wildman–Crippen LogP) is 1.51. The van der Waals surface area contributed by atoms with Crippen molar-refractivity contribution < 1.29 is 14.7 Å². The monoisotopic (exact) mass is 297 g/mol.